The summed E-state index contributed by atoms with van der Waals surface area (Å²) >= 11 is 0. The van der Waals surface area contributed by atoms with Crippen molar-refractivity contribution in [2.75, 3.05) is 5.32 Å². The molecule has 2 N–H and O–H groups in total. The zero-order chi connectivity index (χ0) is 18.8. The molecular weight excluding hydrogens is 332 g/mol. The maximum atomic E-state index is 12.4. The van der Waals surface area contributed by atoms with E-state index in [1.54, 1.807) is 10.7 Å². The summed E-state index contributed by atoms with van der Waals surface area (Å²) in [6.45, 7) is 7.52. The molecule has 3 aromatic rings. The van der Waals surface area contributed by atoms with Crippen LogP contribution in [0.4, 0.5) is 5.82 Å². The second-order valence-corrected chi connectivity index (χ2v) is 6.11. The predicted molar refractivity (Wildman–Crippen MR) is 96.3 cm³/mol. The van der Waals surface area contributed by atoms with Gasteiger partial charge in [0.05, 0.1) is 12.1 Å². The van der Waals surface area contributed by atoms with E-state index in [4.69, 9.17) is 0 Å². The highest BCUT2D eigenvalue weighted by Crippen LogP contribution is 2.20. The molecule has 1 amide bonds. The van der Waals surface area contributed by atoms with Crippen molar-refractivity contribution < 1.29 is 9.90 Å². The van der Waals surface area contributed by atoms with Crippen LogP contribution in [0.1, 0.15) is 28.3 Å². The quantitative estimate of drug-likeness (QED) is 0.745. The lowest BCUT2D eigenvalue weighted by Gasteiger charge is -2.07. The van der Waals surface area contributed by atoms with Crippen LogP contribution in [0.5, 0.6) is 5.75 Å². The molecule has 0 aromatic carbocycles. The second-order valence-electron chi connectivity index (χ2n) is 6.11. The maximum Gasteiger partial charge on any atom is 0.251 e. The SMILES string of the molecule is Cc1cc(C)nc(-n2nc(C)c(CC(=O)Nc3ncccc3O)c2C)n1. The maximum absolute atomic E-state index is 12.4. The summed E-state index contributed by atoms with van der Waals surface area (Å²) in [7, 11) is 0. The summed E-state index contributed by atoms with van der Waals surface area (Å²) in [5.74, 6) is 0.259. The summed E-state index contributed by atoms with van der Waals surface area (Å²) in [5, 5.41) is 16.8. The number of hydrogen-bond acceptors (Lipinski definition) is 6. The number of hydrogen-bond donors (Lipinski definition) is 2. The first kappa shape index (κ1) is 17.5. The molecule has 0 saturated heterocycles. The van der Waals surface area contributed by atoms with Crippen LogP contribution in [-0.4, -0.2) is 35.7 Å². The third kappa shape index (κ3) is 3.53. The molecule has 26 heavy (non-hydrogen) atoms. The fourth-order valence-corrected chi connectivity index (χ4v) is 2.76. The van der Waals surface area contributed by atoms with Crippen LogP contribution in [-0.2, 0) is 11.2 Å². The molecular formula is C18H20N6O2. The molecule has 0 aliphatic heterocycles. The van der Waals surface area contributed by atoms with Gasteiger partial charge in [-0.1, -0.05) is 0 Å². The molecule has 0 bridgehead atoms. The van der Waals surface area contributed by atoms with E-state index in [9.17, 15) is 9.90 Å². The van der Waals surface area contributed by atoms with Gasteiger partial charge in [-0.15, -0.1) is 0 Å². The number of nitrogens with one attached hydrogen (secondary N) is 1. The van der Waals surface area contributed by atoms with Crippen molar-refractivity contribution in [2.45, 2.75) is 34.1 Å². The number of carbonyl (C=O) groups is 1. The number of aromatic hydroxyl groups is 1. The average molecular weight is 352 g/mol. The largest absolute Gasteiger partial charge is 0.504 e. The number of aromatic nitrogens is 5. The van der Waals surface area contributed by atoms with Gasteiger partial charge in [-0.3, -0.25) is 4.79 Å². The molecule has 3 rings (SSSR count). The molecule has 0 atom stereocenters. The third-order valence-corrected chi connectivity index (χ3v) is 3.98. The summed E-state index contributed by atoms with van der Waals surface area (Å²) in [6.07, 6.45) is 1.61. The molecule has 0 spiro atoms. The van der Waals surface area contributed by atoms with Crippen molar-refractivity contribution in [3.05, 3.63) is 52.7 Å². The van der Waals surface area contributed by atoms with Crippen LogP contribution in [0, 0.1) is 27.7 Å². The van der Waals surface area contributed by atoms with Gasteiger partial charge in [0, 0.05) is 28.8 Å². The zero-order valence-electron chi connectivity index (χ0n) is 15.1. The topological polar surface area (TPSA) is 106 Å². The first-order valence-corrected chi connectivity index (χ1v) is 8.16. The zero-order valence-corrected chi connectivity index (χ0v) is 15.1. The monoisotopic (exact) mass is 352 g/mol. The summed E-state index contributed by atoms with van der Waals surface area (Å²) in [6, 6.07) is 4.95. The van der Waals surface area contributed by atoms with Gasteiger partial charge < -0.3 is 10.4 Å². The Morgan fingerprint density at radius 3 is 2.54 bits per heavy atom. The van der Waals surface area contributed by atoms with Crippen LogP contribution >= 0.6 is 0 Å². The summed E-state index contributed by atoms with van der Waals surface area (Å²) in [4.78, 5) is 25.2. The number of carbonyl (C=O) groups excluding carboxylic acids is 1. The molecule has 0 saturated carbocycles. The van der Waals surface area contributed by atoms with Crippen LogP contribution < -0.4 is 5.32 Å². The van der Waals surface area contributed by atoms with Crippen molar-refractivity contribution in [2.24, 2.45) is 0 Å². The minimum atomic E-state index is -0.286. The number of pyridine rings is 1. The van der Waals surface area contributed by atoms with Crippen molar-refractivity contribution in [1.82, 2.24) is 24.7 Å². The lowest BCUT2D eigenvalue weighted by Crippen LogP contribution is -2.16. The number of amides is 1. The highest BCUT2D eigenvalue weighted by atomic mass is 16.3. The Labute approximate surface area is 151 Å². The van der Waals surface area contributed by atoms with Gasteiger partial charge in [0.2, 0.25) is 5.91 Å². The Hall–Kier alpha value is -3.29. The molecule has 0 unspecified atom stereocenters. The first-order chi connectivity index (χ1) is 12.3. The minimum absolute atomic E-state index is 0.0753. The molecule has 8 nitrogen and oxygen atoms in total. The standard InChI is InChI=1S/C18H20N6O2/c1-10-8-11(2)21-18(20-10)24-13(4)14(12(3)23-24)9-16(26)22-17-15(25)6-5-7-19-17/h5-8,25H,9H2,1-4H3,(H,19,22,26). The van der Waals surface area contributed by atoms with E-state index in [-0.39, 0.29) is 23.9 Å². The smallest absolute Gasteiger partial charge is 0.251 e. The fourth-order valence-electron chi connectivity index (χ4n) is 2.76. The Kier molecular flexibility index (Phi) is 4.66. The minimum Gasteiger partial charge on any atom is -0.504 e. The highest BCUT2D eigenvalue weighted by Gasteiger charge is 2.18. The molecule has 0 aliphatic rings. The molecule has 8 heteroatoms. The molecule has 0 fully saturated rings. The Balaban J connectivity index is 1.86. The van der Waals surface area contributed by atoms with Crippen LogP contribution in [0.25, 0.3) is 5.95 Å². The van der Waals surface area contributed by atoms with E-state index in [0.717, 1.165) is 28.3 Å². The highest BCUT2D eigenvalue weighted by molar-refractivity contribution is 5.92. The van der Waals surface area contributed by atoms with Crippen molar-refractivity contribution >= 4 is 11.7 Å². The third-order valence-electron chi connectivity index (χ3n) is 3.98. The first-order valence-electron chi connectivity index (χ1n) is 8.16. The van der Waals surface area contributed by atoms with Crippen molar-refractivity contribution in [1.29, 1.82) is 0 Å². The van der Waals surface area contributed by atoms with Gasteiger partial charge in [0.25, 0.3) is 5.95 Å². The molecule has 134 valence electrons. The van der Waals surface area contributed by atoms with Crippen molar-refractivity contribution in [3.63, 3.8) is 0 Å². The molecule has 3 aromatic heterocycles. The van der Waals surface area contributed by atoms with Gasteiger partial charge in [-0.2, -0.15) is 5.10 Å². The lowest BCUT2D eigenvalue weighted by atomic mass is 10.1. The number of nitrogens with zero attached hydrogens (tertiary/aromatic N) is 5. The molecule has 3 heterocycles. The normalized spacial score (nSPS) is 10.8. The van der Waals surface area contributed by atoms with E-state index >= 15 is 0 Å². The van der Waals surface area contributed by atoms with Gasteiger partial charge in [0.1, 0.15) is 0 Å². The molecule has 0 radical (unpaired) electrons. The fraction of sp³-hybridized carbons (Fsp3) is 0.278. The number of aryl methyl sites for hydroxylation is 3. The second kappa shape index (κ2) is 6.91. The Morgan fingerprint density at radius 1 is 1.19 bits per heavy atom. The predicted octanol–water partition coefficient (Wildman–Crippen LogP) is 2.18. The average Bonchev–Trinajstić information content (AvgIpc) is 2.84. The van der Waals surface area contributed by atoms with Gasteiger partial charge in [-0.05, 0) is 45.9 Å². The van der Waals surface area contributed by atoms with Gasteiger partial charge in [-0.25, -0.2) is 19.6 Å². The molecule has 0 aliphatic carbocycles. The van der Waals surface area contributed by atoms with Gasteiger partial charge in [0.15, 0.2) is 11.6 Å². The van der Waals surface area contributed by atoms with Crippen molar-refractivity contribution in [3.8, 4) is 11.7 Å². The summed E-state index contributed by atoms with van der Waals surface area (Å²) in [5.41, 5.74) is 4.02. The summed E-state index contributed by atoms with van der Waals surface area (Å²) < 4.78 is 1.65. The lowest BCUT2D eigenvalue weighted by molar-refractivity contribution is -0.115. The van der Waals surface area contributed by atoms with E-state index in [0.29, 0.717) is 5.95 Å². The van der Waals surface area contributed by atoms with E-state index in [1.165, 1.54) is 12.3 Å². The Morgan fingerprint density at radius 2 is 1.88 bits per heavy atom. The van der Waals surface area contributed by atoms with E-state index < -0.39 is 0 Å². The van der Waals surface area contributed by atoms with E-state index in [2.05, 4.69) is 25.4 Å². The van der Waals surface area contributed by atoms with Crippen LogP contribution in [0.2, 0.25) is 0 Å². The van der Waals surface area contributed by atoms with Crippen LogP contribution in [0.3, 0.4) is 0 Å². The van der Waals surface area contributed by atoms with Crippen LogP contribution in [0.15, 0.2) is 24.4 Å². The number of anilines is 1. The Bertz CT molecular complexity index is 960. The van der Waals surface area contributed by atoms with Gasteiger partial charge >= 0.3 is 0 Å². The van der Waals surface area contributed by atoms with E-state index in [1.807, 2.05) is 33.8 Å². The number of rotatable bonds is 4.